The molecule has 0 aliphatic heterocycles. The highest BCUT2D eigenvalue weighted by atomic mass is 15.3. The van der Waals surface area contributed by atoms with E-state index in [1.54, 1.807) is 6.20 Å². The fraction of sp³-hybridized carbons (Fsp3) is 0.143. The van der Waals surface area contributed by atoms with Crippen LogP contribution in [0.3, 0.4) is 0 Å². The normalized spacial score (nSPS) is 12.7. The summed E-state index contributed by atoms with van der Waals surface area (Å²) in [5, 5.41) is 6.43. The summed E-state index contributed by atoms with van der Waals surface area (Å²) in [6, 6.07) is 9.96. The fourth-order valence-electron chi connectivity index (χ4n) is 2.37. The minimum atomic E-state index is -0.133. The monoisotopic (exact) mass is 253 g/mol. The van der Waals surface area contributed by atoms with Gasteiger partial charge in [-0.2, -0.15) is 5.10 Å². The van der Waals surface area contributed by atoms with Gasteiger partial charge >= 0.3 is 0 Å². The number of benzene rings is 1. The van der Waals surface area contributed by atoms with Crippen molar-refractivity contribution in [1.29, 1.82) is 0 Å². The minimum Gasteiger partial charge on any atom is -0.271 e. The molecule has 1 unspecified atom stereocenters. The summed E-state index contributed by atoms with van der Waals surface area (Å²) in [5.41, 5.74) is 4.90. The Bertz CT molecular complexity index is 698. The van der Waals surface area contributed by atoms with Crippen LogP contribution in [0.4, 0.5) is 0 Å². The zero-order valence-electron chi connectivity index (χ0n) is 10.6. The van der Waals surface area contributed by atoms with Gasteiger partial charge in [0, 0.05) is 36.6 Å². The molecular formula is C14H15N5. The van der Waals surface area contributed by atoms with E-state index < -0.39 is 0 Å². The molecule has 0 aliphatic rings. The summed E-state index contributed by atoms with van der Waals surface area (Å²) < 4.78 is 1.81. The lowest BCUT2D eigenvalue weighted by Gasteiger charge is -2.18. The number of rotatable bonds is 3. The zero-order chi connectivity index (χ0) is 13.2. The Morgan fingerprint density at radius 2 is 2.05 bits per heavy atom. The van der Waals surface area contributed by atoms with Crippen molar-refractivity contribution in [3.63, 3.8) is 0 Å². The number of aryl methyl sites for hydroxylation is 1. The Balaban J connectivity index is 2.20. The van der Waals surface area contributed by atoms with E-state index in [0.29, 0.717) is 0 Å². The number of hydrazine groups is 1. The van der Waals surface area contributed by atoms with Crippen molar-refractivity contribution in [1.82, 2.24) is 20.2 Å². The SMILES string of the molecule is Cn1nccc1C(NN)c1cncc2ccccc12. The summed E-state index contributed by atoms with van der Waals surface area (Å²) >= 11 is 0. The maximum absolute atomic E-state index is 5.74. The Labute approximate surface area is 111 Å². The van der Waals surface area contributed by atoms with Gasteiger partial charge in [-0.05, 0) is 11.5 Å². The predicted molar refractivity (Wildman–Crippen MR) is 74.1 cm³/mol. The summed E-state index contributed by atoms with van der Waals surface area (Å²) in [4.78, 5) is 4.30. The van der Waals surface area contributed by atoms with Gasteiger partial charge < -0.3 is 0 Å². The number of nitrogens with zero attached hydrogens (tertiary/aromatic N) is 3. The highest BCUT2D eigenvalue weighted by molar-refractivity contribution is 5.85. The molecule has 0 saturated carbocycles. The summed E-state index contributed by atoms with van der Waals surface area (Å²) in [6.45, 7) is 0. The van der Waals surface area contributed by atoms with E-state index in [0.717, 1.165) is 22.0 Å². The molecule has 0 fully saturated rings. The number of hydrogen-bond acceptors (Lipinski definition) is 4. The van der Waals surface area contributed by atoms with E-state index in [-0.39, 0.29) is 6.04 Å². The van der Waals surface area contributed by atoms with E-state index in [2.05, 4.69) is 21.6 Å². The van der Waals surface area contributed by atoms with Crippen molar-refractivity contribution >= 4 is 10.8 Å². The number of nitrogens with two attached hydrogens (primary N) is 1. The molecule has 0 radical (unpaired) electrons. The molecule has 1 aromatic carbocycles. The molecule has 3 rings (SSSR count). The molecule has 96 valence electrons. The van der Waals surface area contributed by atoms with Crippen LogP contribution < -0.4 is 11.3 Å². The topological polar surface area (TPSA) is 68.8 Å². The maximum atomic E-state index is 5.74. The first kappa shape index (κ1) is 11.8. The summed E-state index contributed by atoms with van der Waals surface area (Å²) in [6.07, 6.45) is 5.47. The molecule has 0 saturated heterocycles. The van der Waals surface area contributed by atoms with Crippen LogP contribution in [0.5, 0.6) is 0 Å². The lowest BCUT2D eigenvalue weighted by Crippen LogP contribution is -2.30. The van der Waals surface area contributed by atoms with Crippen LogP contribution in [0.25, 0.3) is 10.8 Å². The van der Waals surface area contributed by atoms with Gasteiger partial charge in [0.25, 0.3) is 0 Å². The average Bonchev–Trinajstić information content (AvgIpc) is 2.86. The second-order valence-corrected chi connectivity index (χ2v) is 4.43. The van der Waals surface area contributed by atoms with Crippen molar-refractivity contribution in [3.05, 3.63) is 60.2 Å². The highest BCUT2D eigenvalue weighted by Crippen LogP contribution is 2.27. The molecule has 0 aliphatic carbocycles. The smallest absolute Gasteiger partial charge is 0.0899 e. The van der Waals surface area contributed by atoms with Gasteiger partial charge in [0.15, 0.2) is 0 Å². The van der Waals surface area contributed by atoms with Gasteiger partial charge in [0.1, 0.15) is 0 Å². The average molecular weight is 253 g/mol. The number of nitrogens with one attached hydrogen (secondary N) is 1. The van der Waals surface area contributed by atoms with Crippen LogP contribution in [-0.4, -0.2) is 14.8 Å². The van der Waals surface area contributed by atoms with Crippen molar-refractivity contribution in [3.8, 4) is 0 Å². The zero-order valence-corrected chi connectivity index (χ0v) is 10.6. The predicted octanol–water partition coefficient (Wildman–Crippen LogP) is 1.52. The Kier molecular flexibility index (Phi) is 2.98. The van der Waals surface area contributed by atoms with Crippen molar-refractivity contribution < 1.29 is 0 Å². The molecule has 19 heavy (non-hydrogen) atoms. The maximum Gasteiger partial charge on any atom is 0.0899 e. The second kappa shape index (κ2) is 4.79. The van der Waals surface area contributed by atoms with E-state index in [4.69, 9.17) is 5.84 Å². The molecule has 0 bridgehead atoms. The summed E-state index contributed by atoms with van der Waals surface area (Å²) in [5.74, 6) is 5.74. The first-order chi connectivity index (χ1) is 9.31. The number of fused-ring (bicyclic) bond motifs is 1. The molecule has 3 N–H and O–H groups in total. The fourth-order valence-corrected chi connectivity index (χ4v) is 2.37. The molecule has 5 heteroatoms. The molecule has 1 atom stereocenters. The Morgan fingerprint density at radius 1 is 1.21 bits per heavy atom. The van der Waals surface area contributed by atoms with E-state index >= 15 is 0 Å². The molecule has 0 spiro atoms. The Hall–Kier alpha value is -2.24. The van der Waals surface area contributed by atoms with Crippen LogP contribution in [0.1, 0.15) is 17.3 Å². The van der Waals surface area contributed by atoms with E-state index in [9.17, 15) is 0 Å². The third-order valence-electron chi connectivity index (χ3n) is 3.33. The highest BCUT2D eigenvalue weighted by Gasteiger charge is 2.18. The largest absolute Gasteiger partial charge is 0.271 e. The number of hydrogen-bond donors (Lipinski definition) is 2. The molecule has 0 amide bonds. The standard InChI is InChI=1S/C14H15N5/c1-19-13(6-7-17-19)14(18-15)12-9-16-8-10-4-2-3-5-11(10)12/h2-9,14,18H,15H2,1H3. The van der Waals surface area contributed by atoms with Gasteiger partial charge in [-0.1, -0.05) is 24.3 Å². The van der Waals surface area contributed by atoms with Crippen molar-refractivity contribution in [2.24, 2.45) is 12.9 Å². The third kappa shape index (κ3) is 1.99. The Morgan fingerprint density at radius 3 is 2.79 bits per heavy atom. The molecule has 5 nitrogen and oxygen atoms in total. The van der Waals surface area contributed by atoms with Crippen molar-refractivity contribution in [2.45, 2.75) is 6.04 Å². The number of pyridine rings is 1. The van der Waals surface area contributed by atoms with Crippen LogP contribution in [0, 0.1) is 0 Å². The third-order valence-corrected chi connectivity index (χ3v) is 3.33. The molecular weight excluding hydrogens is 238 g/mol. The lowest BCUT2D eigenvalue weighted by molar-refractivity contribution is 0.576. The number of aromatic nitrogens is 3. The van der Waals surface area contributed by atoms with E-state index in [1.165, 1.54) is 0 Å². The van der Waals surface area contributed by atoms with E-state index in [1.807, 2.05) is 48.4 Å². The van der Waals surface area contributed by atoms with Gasteiger partial charge in [0.2, 0.25) is 0 Å². The lowest BCUT2D eigenvalue weighted by atomic mass is 10.00. The molecule has 3 aromatic rings. The van der Waals surface area contributed by atoms with Crippen molar-refractivity contribution in [2.75, 3.05) is 0 Å². The van der Waals surface area contributed by atoms with Crippen LogP contribution in [-0.2, 0) is 7.05 Å². The molecule has 2 heterocycles. The van der Waals surface area contributed by atoms with Gasteiger partial charge in [-0.15, -0.1) is 0 Å². The van der Waals surface area contributed by atoms with Crippen LogP contribution in [0.2, 0.25) is 0 Å². The van der Waals surface area contributed by atoms with Crippen LogP contribution >= 0.6 is 0 Å². The van der Waals surface area contributed by atoms with Gasteiger partial charge in [-0.25, -0.2) is 5.43 Å². The second-order valence-electron chi connectivity index (χ2n) is 4.43. The quantitative estimate of drug-likeness (QED) is 0.548. The molecule has 2 aromatic heterocycles. The van der Waals surface area contributed by atoms with Crippen LogP contribution in [0.15, 0.2) is 48.9 Å². The van der Waals surface area contributed by atoms with Gasteiger partial charge in [-0.3, -0.25) is 15.5 Å². The minimum absolute atomic E-state index is 0.133. The first-order valence-corrected chi connectivity index (χ1v) is 6.08. The summed E-state index contributed by atoms with van der Waals surface area (Å²) in [7, 11) is 1.90. The first-order valence-electron chi connectivity index (χ1n) is 6.08. The van der Waals surface area contributed by atoms with Gasteiger partial charge in [0.05, 0.1) is 11.7 Å².